The van der Waals surface area contributed by atoms with Crippen molar-refractivity contribution in [2.45, 2.75) is 11.4 Å². The van der Waals surface area contributed by atoms with Crippen LogP contribution in [0.25, 0.3) is 0 Å². The van der Waals surface area contributed by atoms with Gasteiger partial charge in [-0.05, 0) is 35.9 Å². The van der Waals surface area contributed by atoms with Crippen molar-refractivity contribution in [3.05, 3.63) is 75.8 Å². The SMILES string of the molecule is O=C(NCc1ccc(Cl)c(F)c1)c1ccc(S(=O)Nc2nccs2)c(F)c1. The summed E-state index contributed by atoms with van der Waals surface area (Å²) < 4.78 is 42.4. The maximum Gasteiger partial charge on any atom is 0.251 e. The summed E-state index contributed by atoms with van der Waals surface area (Å²) in [5.41, 5.74) is 0.563. The van der Waals surface area contributed by atoms with Gasteiger partial charge < -0.3 is 5.32 Å². The van der Waals surface area contributed by atoms with Gasteiger partial charge in [-0.15, -0.1) is 11.3 Å². The third-order valence-electron chi connectivity index (χ3n) is 3.44. The van der Waals surface area contributed by atoms with Crippen LogP contribution in [0, 0.1) is 11.6 Å². The van der Waals surface area contributed by atoms with E-state index in [9.17, 15) is 17.8 Å². The van der Waals surface area contributed by atoms with Crippen LogP contribution in [0.3, 0.4) is 0 Å². The molecule has 27 heavy (non-hydrogen) atoms. The zero-order chi connectivity index (χ0) is 19.4. The van der Waals surface area contributed by atoms with E-state index in [-0.39, 0.29) is 22.0 Å². The lowest BCUT2D eigenvalue weighted by molar-refractivity contribution is 0.0950. The predicted molar refractivity (Wildman–Crippen MR) is 101 cm³/mol. The van der Waals surface area contributed by atoms with Crippen molar-refractivity contribution in [2.24, 2.45) is 0 Å². The number of hydrogen-bond acceptors (Lipinski definition) is 4. The number of thiazole rings is 1. The molecule has 0 aliphatic carbocycles. The second-order valence-corrected chi connectivity index (χ2v) is 7.77. The highest BCUT2D eigenvalue weighted by molar-refractivity contribution is 7.86. The van der Waals surface area contributed by atoms with Crippen LogP contribution in [0.5, 0.6) is 0 Å². The van der Waals surface area contributed by atoms with Gasteiger partial charge in [0, 0.05) is 23.7 Å². The average molecular weight is 428 g/mol. The number of anilines is 1. The highest BCUT2D eigenvalue weighted by Gasteiger charge is 2.15. The fourth-order valence-electron chi connectivity index (χ4n) is 2.13. The van der Waals surface area contributed by atoms with Crippen molar-refractivity contribution >= 4 is 45.0 Å². The zero-order valence-corrected chi connectivity index (χ0v) is 15.9. The van der Waals surface area contributed by atoms with Crippen molar-refractivity contribution in [3.63, 3.8) is 0 Å². The Labute approximate surface area is 165 Å². The molecule has 140 valence electrons. The molecular weight excluding hydrogens is 416 g/mol. The summed E-state index contributed by atoms with van der Waals surface area (Å²) in [5.74, 6) is -1.92. The van der Waals surface area contributed by atoms with Gasteiger partial charge in [0.2, 0.25) is 0 Å². The molecule has 1 atom stereocenters. The summed E-state index contributed by atoms with van der Waals surface area (Å²) in [5, 5.41) is 4.63. The molecule has 0 bridgehead atoms. The minimum Gasteiger partial charge on any atom is -0.348 e. The fourth-order valence-corrected chi connectivity index (χ4v) is 3.79. The molecule has 10 heteroatoms. The molecule has 0 saturated carbocycles. The minimum atomic E-state index is -1.85. The van der Waals surface area contributed by atoms with E-state index in [1.165, 1.54) is 41.8 Å². The molecule has 1 heterocycles. The summed E-state index contributed by atoms with van der Waals surface area (Å²) in [6.07, 6.45) is 1.53. The lowest BCUT2D eigenvalue weighted by Gasteiger charge is -2.08. The van der Waals surface area contributed by atoms with E-state index >= 15 is 0 Å². The molecule has 5 nitrogen and oxygen atoms in total. The van der Waals surface area contributed by atoms with E-state index in [1.807, 2.05) is 0 Å². The van der Waals surface area contributed by atoms with Crippen molar-refractivity contribution < 1.29 is 17.8 Å². The van der Waals surface area contributed by atoms with Gasteiger partial charge in [0.05, 0.1) is 9.92 Å². The second kappa shape index (κ2) is 8.55. The summed E-state index contributed by atoms with van der Waals surface area (Å²) >= 11 is 6.83. The standard InChI is InChI=1S/C17H12ClF2N3O2S2/c18-12-3-1-10(7-13(12)19)9-22-16(24)11-2-4-15(14(20)8-11)27(25)23-17-21-5-6-26-17/h1-8H,9H2,(H,21,23)(H,22,24). The van der Waals surface area contributed by atoms with Gasteiger partial charge in [-0.1, -0.05) is 17.7 Å². The molecule has 2 N–H and O–H groups in total. The normalized spacial score (nSPS) is 11.8. The number of nitrogens with zero attached hydrogens (tertiary/aromatic N) is 1. The first-order chi connectivity index (χ1) is 12.9. The Morgan fingerprint density at radius 1 is 1.19 bits per heavy atom. The maximum atomic E-state index is 14.3. The summed E-state index contributed by atoms with van der Waals surface area (Å²) in [7, 11) is -1.85. The van der Waals surface area contributed by atoms with E-state index in [2.05, 4.69) is 15.0 Å². The van der Waals surface area contributed by atoms with Gasteiger partial charge in [-0.3, -0.25) is 9.52 Å². The largest absolute Gasteiger partial charge is 0.348 e. The Balaban J connectivity index is 1.66. The molecule has 1 amide bonds. The molecular formula is C17H12ClF2N3O2S2. The fraction of sp³-hybridized carbons (Fsp3) is 0.0588. The van der Waals surface area contributed by atoms with Crippen molar-refractivity contribution in [1.29, 1.82) is 0 Å². The van der Waals surface area contributed by atoms with Crippen LogP contribution in [0.15, 0.2) is 52.9 Å². The van der Waals surface area contributed by atoms with Gasteiger partial charge >= 0.3 is 0 Å². The Morgan fingerprint density at radius 2 is 2.00 bits per heavy atom. The summed E-state index contributed by atoms with van der Waals surface area (Å²) in [6, 6.07) is 7.79. The molecule has 0 aliphatic rings. The molecule has 0 radical (unpaired) electrons. The molecule has 0 fully saturated rings. The third kappa shape index (κ3) is 4.88. The van der Waals surface area contributed by atoms with Gasteiger partial charge in [0.25, 0.3) is 5.91 Å². The van der Waals surface area contributed by atoms with E-state index < -0.39 is 28.5 Å². The van der Waals surface area contributed by atoms with Gasteiger partial charge in [-0.25, -0.2) is 18.0 Å². The minimum absolute atomic E-state index is 0.0119. The summed E-state index contributed by atoms with van der Waals surface area (Å²) in [6.45, 7) is 0.0494. The predicted octanol–water partition coefficient (Wildman–Crippen LogP) is 4.14. The number of halogens is 3. The Morgan fingerprint density at radius 3 is 2.67 bits per heavy atom. The second-order valence-electron chi connectivity index (χ2n) is 5.28. The van der Waals surface area contributed by atoms with Crippen LogP contribution >= 0.6 is 22.9 Å². The Bertz CT molecular complexity index is 1000. The Kier molecular flexibility index (Phi) is 6.15. The number of nitrogens with one attached hydrogen (secondary N) is 2. The van der Waals surface area contributed by atoms with Crippen LogP contribution in [0.2, 0.25) is 5.02 Å². The first kappa shape index (κ1) is 19.4. The summed E-state index contributed by atoms with van der Waals surface area (Å²) in [4.78, 5) is 16.0. The van der Waals surface area contributed by atoms with Gasteiger partial charge in [-0.2, -0.15) is 0 Å². The topological polar surface area (TPSA) is 71.1 Å². The highest BCUT2D eigenvalue weighted by Crippen LogP contribution is 2.19. The number of rotatable bonds is 6. The van der Waals surface area contributed by atoms with Crippen molar-refractivity contribution in [1.82, 2.24) is 10.3 Å². The van der Waals surface area contributed by atoms with E-state index in [1.54, 1.807) is 11.4 Å². The molecule has 0 aliphatic heterocycles. The number of aromatic nitrogens is 1. The monoisotopic (exact) mass is 427 g/mol. The molecule has 2 aromatic carbocycles. The van der Waals surface area contributed by atoms with E-state index in [4.69, 9.17) is 11.6 Å². The molecule has 0 saturated heterocycles. The van der Waals surface area contributed by atoms with E-state index in [0.29, 0.717) is 10.7 Å². The van der Waals surface area contributed by atoms with E-state index in [0.717, 1.165) is 6.07 Å². The molecule has 1 unspecified atom stereocenters. The number of carbonyl (C=O) groups is 1. The van der Waals surface area contributed by atoms with Gasteiger partial charge in [0.15, 0.2) is 16.1 Å². The third-order valence-corrected chi connectivity index (χ3v) is 5.68. The smallest absolute Gasteiger partial charge is 0.251 e. The quantitative estimate of drug-likeness (QED) is 0.621. The molecule has 3 rings (SSSR count). The molecule has 1 aromatic heterocycles. The zero-order valence-electron chi connectivity index (χ0n) is 13.5. The van der Waals surface area contributed by atoms with Crippen LogP contribution in [0.1, 0.15) is 15.9 Å². The van der Waals surface area contributed by atoms with Crippen LogP contribution in [-0.2, 0) is 17.5 Å². The number of benzene rings is 2. The lowest BCUT2D eigenvalue weighted by atomic mass is 10.2. The first-order valence-corrected chi connectivity index (χ1v) is 9.94. The van der Waals surface area contributed by atoms with Crippen molar-refractivity contribution in [3.8, 4) is 0 Å². The Hall–Kier alpha value is -2.36. The molecule has 3 aromatic rings. The molecule has 0 spiro atoms. The van der Waals surface area contributed by atoms with Crippen LogP contribution in [0.4, 0.5) is 13.9 Å². The van der Waals surface area contributed by atoms with Gasteiger partial charge in [0.1, 0.15) is 11.6 Å². The first-order valence-electron chi connectivity index (χ1n) is 7.53. The van der Waals surface area contributed by atoms with Crippen LogP contribution < -0.4 is 10.0 Å². The van der Waals surface area contributed by atoms with Crippen molar-refractivity contribution in [2.75, 3.05) is 4.72 Å². The number of hydrogen-bond donors (Lipinski definition) is 2. The number of carbonyl (C=O) groups excluding carboxylic acids is 1. The maximum absolute atomic E-state index is 14.3. The number of amides is 1. The van der Waals surface area contributed by atoms with Crippen LogP contribution in [-0.4, -0.2) is 15.1 Å². The lowest BCUT2D eigenvalue weighted by Crippen LogP contribution is -2.23. The average Bonchev–Trinajstić information content (AvgIpc) is 3.15. The highest BCUT2D eigenvalue weighted by atomic mass is 35.5.